The zero-order valence-electron chi connectivity index (χ0n) is 34.9. The van der Waals surface area contributed by atoms with Crippen LogP contribution in [0.15, 0.2) is 101 Å². The minimum Gasteiger partial charge on any atom is -0.497 e. The molecule has 1 N–H and O–H groups in total. The lowest BCUT2D eigenvalue weighted by atomic mass is 9.80. The lowest BCUT2D eigenvalue weighted by Gasteiger charge is -2.41. The van der Waals surface area contributed by atoms with Gasteiger partial charge in [0.05, 0.1) is 26.9 Å². The van der Waals surface area contributed by atoms with E-state index in [1.807, 2.05) is 78.9 Å². The van der Waals surface area contributed by atoms with Crippen molar-refractivity contribution in [1.82, 2.24) is 14.2 Å². The van der Waals surface area contributed by atoms with E-state index >= 15 is 0 Å². The van der Waals surface area contributed by atoms with Crippen molar-refractivity contribution in [1.29, 1.82) is 0 Å². The summed E-state index contributed by atoms with van der Waals surface area (Å²) in [5, 5.41) is 0. The van der Waals surface area contributed by atoms with Gasteiger partial charge in [-0.2, -0.15) is 0 Å². The monoisotopic (exact) mass is 879 g/mol. The van der Waals surface area contributed by atoms with Gasteiger partial charge >= 0.3 is 5.69 Å². The Balaban J connectivity index is 1.46. The van der Waals surface area contributed by atoms with Crippen LogP contribution in [0.4, 0.5) is 0 Å². The first-order valence-corrected chi connectivity index (χ1v) is 23.4. The molecule has 7 atom stereocenters. The van der Waals surface area contributed by atoms with Gasteiger partial charge in [0.1, 0.15) is 48.1 Å². The van der Waals surface area contributed by atoms with Crippen LogP contribution in [0, 0.1) is 12.3 Å². The van der Waals surface area contributed by atoms with Gasteiger partial charge in [-0.25, -0.2) is 9.46 Å². The van der Waals surface area contributed by atoms with Crippen LogP contribution in [0.3, 0.4) is 0 Å². The lowest BCUT2D eigenvalue weighted by molar-refractivity contribution is -0.0961. The molecule has 13 nitrogen and oxygen atoms in total. The van der Waals surface area contributed by atoms with E-state index in [0.717, 1.165) is 16.7 Å². The van der Waals surface area contributed by atoms with Crippen LogP contribution in [0.1, 0.15) is 50.6 Å². The Bertz CT molecular complexity index is 2060. The van der Waals surface area contributed by atoms with Crippen LogP contribution in [-0.4, -0.2) is 103 Å². The largest absolute Gasteiger partial charge is 0.497 e. The number of terminal acetylenes is 1. The molecule has 0 saturated carbocycles. The van der Waals surface area contributed by atoms with Gasteiger partial charge in [-0.05, 0) is 68.7 Å². The fraction of sp³-hybridized carbons (Fsp3) is 0.455. The number of hydrogen-bond acceptors (Lipinski definition) is 13. The summed E-state index contributed by atoms with van der Waals surface area (Å²) in [6, 6.07) is 26.8. The molecule has 1 aromatic heterocycles. The maximum absolute atomic E-state index is 13.4. The van der Waals surface area contributed by atoms with Crippen molar-refractivity contribution in [2.45, 2.75) is 82.1 Å². The number of H-pyrrole nitrogens is 1. The zero-order chi connectivity index (χ0) is 42.8. The first-order chi connectivity index (χ1) is 29.0. The Morgan fingerprint density at radius 1 is 0.833 bits per heavy atom. The molecule has 2 aliphatic heterocycles. The summed E-state index contributed by atoms with van der Waals surface area (Å²) >= 11 is 0. The Hall–Kier alpha value is -3.65. The van der Waals surface area contributed by atoms with E-state index in [1.165, 1.54) is 16.8 Å². The third-order valence-corrected chi connectivity index (χ3v) is 14.9. The lowest BCUT2D eigenvalue weighted by Crippen LogP contribution is -2.44. The number of hydrogen-bond donors (Lipinski definition) is 1. The molecule has 3 heterocycles. The summed E-state index contributed by atoms with van der Waals surface area (Å²) in [7, 11) is 6.40. The maximum atomic E-state index is 13.4. The fourth-order valence-corrected chi connectivity index (χ4v) is 12.0. The van der Waals surface area contributed by atoms with Crippen molar-refractivity contribution >= 4 is 30.1 Å². The molecule has 0 bridgehead atoms. The highest BCUT2D eigenvalue weighted by molar-refractivity contribution is 8.76. The topological polar surface area (TPSA) is 132 Å². The number of rotatable bonds is 19. The molecule has 0 spiro atoms. The first kappa shape index (κ1) is 45.9. The minimum atomic E-state index is -1.83. The molecule has 3 aromatic carbocycles. The average Bonchev–Trinajstić information content (AvgIpc) is 3.60. The Morgan fingerprint density at radius 2 is 1.42 bits per heavy atom. The quantitative estimate of drug-likeness (QED) is 0.0449. The molecule has 4 aromatic rings. The third kappa shape index (κ3) is 10.3. The minimum absolute atomic E-state index is 0.0123. The summed E-state index contributed by atoms with van der Waals surface area (Å²) in [4.78, 5) is 28.0. The molecule has 16 heteroatoms. The van der Waals surface area contributed by atoms with Crippen molar-refractivity contribution in [3.8, 4) is 23.8 Å². The van der Waals surface area contributed by atoms with E-state index in [1.54, 1.807) is 42.9 Å². The van der Waals surface area contributed by atoms with E-state index in [4.69, 9.17) is 43.9 Å². The fourth-order valence-electron chi connectivity index (χ4n) is 7.53. The second kappa shape index (κ2) is 21.4. The second-order valence-corrected chi connectivity index (χ2v) is 18.7. The molecule has 322 valence electrons. The van der Waals surface area contributed by atoms with Gasteiger partial charge in [-0.3, -0.25) is 14.3 Å². The first-order valence-electron chi connectivity index (χ1n) is 19.7. The van der Waals surface area contributed by atoms with Gasteiger partial charge in [0.25, 0.3) is 14.1 Å². The summed E-state index contributed by atoms with van der Waals surface area (Å²) in [5.74, 6) is 5.32. The molecule has 60 heavy (non-hydrogen) atoms. The van der Waals surface area contributed by atoms with Crippen molar-refractivity contribution in [3.05, 3.63) is 129 Å². The summed E-state index contributed by atoms with van der Waals surface area (Å²) in [6.07, 6.45) is 2.87. The standard InChI is InChI=1S/C44H54N3O10PS2/c1-9-25-53-37-27-59-60-28-38(37)56-58(47(29(2)3)30(4)5)57-40-36(55-42(41(40)52-8)46-24-23-39(48)45-43(46)49)26-54-44(31-13-11-10-12-14-31,32-15-19-34(50-6)20-16-32)33-17-21-35(51-7)22-18-33/h1,10-24,29-30,36-38,40-42H,25-28H2,2-8H3,(H,45,48,49). The number of aromatic amines is 1. The van der Waals surface area contributed by atoms with Gasteiger partial charge in [0.2, 0.25) is 0 Å². The smallest absolute Gasteiger partial charge is 0.330 e. The van der Waals surface area contributed by atoms with Crippen molar-refractivity contribution in [2.24, 2.45) is 0 Å². The van der Waals surface area contributed by atoms with Crippen LogP contribution in [0.25, 0.3) is 0 Å². The molecule has 2 aliphatic rings. The highest BCUT2D eigenvalue weighted by Gasteiger charge is 2.52. The summed E-state index contributed by atoms with van der Waals surface area (Å²) < 4.78 is 55.4. The number of ether oxygens (including phenoxy) is 6. The second-order valence-electron chi connectivity index (χ2n) is 14.7. The molecule has 6 rings (SSSR count). The Morgan fingerprint density at radius 3 is 1.95 bits per heavy atom. The predicted octanol–water partition coefficient (Wildman–Crippen LogP) is 7.00. The summed E-state index contributed by atoms with van der Waals surface area (Å²) in [5.41, 5.74) is 0.136. The van der Waals surface area contributed by atoms with Crippen LogP contribution in [0.5, 0.6) is 11.5 Å². The van der Waals surface area contributed by atoms with Crippen molar-refractivity contribution < 1.29 is 37.5 Å². The van der Waals surface area contributed by atoms with Gasteiger partial charge < -0.3 is 37.5 Å². The van der Waals surface area contributed by atoms with E-state index in [-0.39, 0.29) is 37.5 Å². The van der Waals surface area contributed by atoms with Crippen LogP contribution in [-0.2, 0) is 33.6 Å². The number of aromatic nitrogens is 2. The SMILES string of the molecule is C#CCOC1CSSCC1OP(OC1C(COC(c2ccccc2)(c2ccc(OC)cc2)c2ccc(OC)cc2)OC(n2ccc(=O)[nH]c2=O)C1OC)N(C(C)C)C(C)C. The van der Waals surface area contributed by atoms with Gasteiger partial charge in [0, 0.05) is 43.0 Å². The molecule has 2 saturated heterocycles. The van der Waals surface area contributed by atoms with Crippen LogP contribution < -0.4 is 20.7 Å². The molecular formula is C44H54N3O10PS2. The number of nitrogens with zero attached hydrogens (tertiary/aromatic N) is 2. The van der Waals surface area contributed by atoms with Crippen molar-refractivity contribution in [2.75, 3.05) is 46.0 Å². The van der Waals surface area contributed by atoms with E-state index in [0.29, 0.717) is 23.0 Å². The van der Waals surface area contributed by atoms with E-state index in [2.05, 4.69) is 43.3 Å². The molecule has 0 amide bonds. The molecule has 0 radical (unpaired) electrons. The van der Waals surface area contributed by atoms with E-state index < -0.39 is 49.9 Å². The molecule has 2 fully saturated rings. The Kier molecular flexibility index (Phi) is 16.4. The molecular weight excluding hydrogens is 826 g/mol. The number of nitrogens with one attached hydrogen (secondary N) is 1. The molecule has 0 aliphatic carbocycles. The van der Waals surface area contributed by atoms with E-state index in [9.17, 15) is 9.59 Å². The Labute approximate surface area is 361 Å². The highest BCUT2D eigenvalue weighted by Crippen LogP contribution is 2.53. The van der Waals surface area contributed by atoms with Gasteiger partial charge in [-0.15, -0.1) is 6.42 Å². The molecule has 7 unspecified atom stereocenters. The number of benzene rings is 3. The third-order valence-electron chi connectivity index (χ3n) is 10.3. The van der Waals surface area contributed by atoms with Crippen LogP contribution in [0.2, 0.25) is 0 Å². The van der Waals surface area contributed by atoms with Gasteiger partial charge in [-0.1, -0.05) is 82.1 Å². The van der Waals surface area contributed by atoms with Crippen molar-refractivity contribution in [3.63, 3.8) is 0 Å². The van der Waals surface area contributed by atoms with Gasteiger partial charge in [0.15, 0.2) is 6.23 Å². The maximum Gasteiger partial charge on any atom is 0.330 e. The number of methoxy groups -OCH3 is 3. The average molecular weight is 880 g/mol. The highest BCUT2D eigenvalue weighted by atomic mass is 33.1. The predicted molar refractivity (Wildman–Crippen MR) is 237 cm³/mol. The van der Waals surface area contributed by atoms with Crippen LogP contribution >= 0.6 is 30.1 Å². The summed E-state index contributed by atoms with van der Waals surface area (Å²) in [6.45, 7) is 8.51. The normalized spacial score (nSPS) is 22.6. The zero-order valence-corrected chi connectivity index (χ0v) is 37.5.